The van der Waals surface area contributed by atoms with Gasteiger partial charge in [-0.15, -0.1) is 0 Å². The molecular weight excluding hydrogens is 218 g/mol. The molecule has 0 amide bonds. The molecule has 1 N–H and O–H groups in total. The van der Waals surface area contributed by atoms with E-state index in [0.29, 0.717) is 0 Å². The molecule has 17 heavy (non-hydrogen) atoms. The van der Waals surface area contributed by atoms with Crippen LogP contribution in [0.15, 0.2) is 36.5 Å². The molecule has 1 aromatic carbocycles. The first-order valence-electron chi connectivity index (χ1n) is 5.35. The number of hydrogen-bond donors (Lipinski definition) is 1. The lowest BCUT2D eigenvalue weighted by molar-refractivity contribution is -0.165. The molecule has 4 nitrogen and oxygen atoms in total. The van der Waals surface area contributed by atoms with Crippen LogP contribution in [-0.4, -0.2) is 30.6 Å². The fourth-order valence-electron chi connectivity index (χ4n) is 1.89. The topological polar surface area (TPSA) is 51.6 Å². The van der Waals surface area contributed by atoms with Gasteiger partial charge in [0.05, 0.1) is 5.52 Å². The average Bonchev–Trinajstić information content (AvgIpc) is 2.39. The number of nitrogens with zero attached hydrogens (tertiary/aromatic N) is 1. The molecule has 0 saturated heterocycles. The highest BCUT2D eigenvalue weighted by molar-refractivity contribution is 5.82. The standard InChI is InChI=1S/C13H15NO3/c1-16-13(17-2)12(15)10-5-3-7-11-9(10)6-4-8-14-11/h3-8,12-13,15H,1-2H3. The predicted molar refractivity (Wildman–Crippen MR) is 64.5 cm³/mol. The Labute approximate surface area is 99.8 Å². The zero-order valence-electron chi connectivity index (χ0n) is 9.83. The maximum Gasteiger partial charge on any atom is 0.187 e. The van der Waals surface area contributed by atoms with Gasteiger partial charge in [-0.25, -0.2) is 0 Å². The summed E-state index contributed by atoms with van der Waals surface area (Å²) in [5.41, 5.74) is 1.60. The summed E-state index contributed by atoms with van der Waals surface area (Å²) in [6.07, 6.45) is 0.210. The molecule has 0 aliphatic carbocycles. The van der Waals surface area contributed by atoms with E-state index in [-0.39, 0.29) is 0 Å². The van der Waals surface area contributed by atoms with Gasteiger partial charge >= 0.3 is 0 Å². The summed E-state index contributed by atoms with van der Waals surface area (Å²) in [6, 6.07) is 9.37. The van der Waals surface area contributed by atoms with Crippen LogP contribution in [-0.2, 0) is 9.47 Å². The summed E-state index contributed by atoms with van der Waals surface area (Å²) in [5, 5.41) is 11.1. The molecule has 2 aromatic rings. The van der Waals surface area contributed by atoms with Crippen molar-refractivity contribution in [2.24, 2.45) is 0 Å². The highest BCUT2D eigenvalue weighted by Gasteiger charge is 2.21. The molecule has 0 saturated carbocycles. The molecule has 1 atom stereocenters. The largest absolute Gasteiger partial charge is 0.383 e. The third kappa shape index (κ3) is 2.29. The van der Waals surface area contributed by atoms with Gasteiger partial charge in [-0.1, -0.05) is 18.2 Å². The van der Waals surface area contributed by atoms with Crippen LogP contribution in [0.25, 0.3) is 10.9 Å². The predicted octanol–water partition coefficient (Wildman–Crippen LogP) is 1.89. The fourth-order valence-corrected chi connectivity index (χ4v) is 1.89. The average molecular weight is 233 g/mol. The van der Waals surface area contributed by atoms with Crippen molar-refractivity contribution in [1.29, 1.82) is 0 Å². The molecule has 0 bridgehead atoms. The molecule has 0 fully saturated rings. The van der Waals surface area contributed by atoms with E-state index >= 15 is 0 Å². The highest BCUT2D eigenvalue weighted by Crippen LogP contribution is 2.26. The molecule has 1 heterocycles. The second kappa shape index (κ2) is 5.23. The number of ether oxygens (including phenoxy) is 2. The Morgan fingerprint density at radius 1 is 1.12 bits per heavy atom. The lowest BCUT2D eigenvalue weighted by Gasteiger charge is -2.21. The Bertz CT molecular complexity index is 491. The zero-order chi connectivity index (χ0) is 12.3. The van der Waals surface area contributed by atoms with Crippen LogP contribution in [0.4, 0.5) is 0 Å². The summed E-state index contributed by atoms with van der Waals surface area (Å²) in [5.74, 6) is 0. The second-order valence-corrected chi connectivity index (χ2v) is 3.70. The van der Waals surface area contributed by atoms with E-state index in [1.807, 2.05) is 30.3 Å². The molecule has 0 radical (unpaired) electrons. The third-order valence-corrected chi connectivity index (χ3v) is 2.72. The molecular formula is C13H15NO3. The quantitative estimate of drug-likeness (QED) is 0.819. The van der Waals surface area contributed by atoms with E-state index < -0.39 is 12.4 Å². The first-order chi connectivity index (χ1) is 8.27. The van der Waals surface area contributed by atoms with Crippen LogP contribution in [0, 0.1) is 0 Å². The second-order valence-electron chi connectivity index (χ2n) is 3.70. The van der Waals surface area contributed by atoms with E-state index in [0.717, 1.165) is 16.5 Å². The van der Waals surface area contributed by atoms with Crippen molar-refractivity contribution in [1.82, 2.24) is 4.98 Å². The summed E-state index contributed by atoms with van der Waals surface area (Å²) in [7, 11) is 3.00. The van der Waals surface area contributed by atoms with Gasteiger partial charge in [0.1, 0.15) is 6.10 Å². The van der Waals surface area contributed by atoms with Gasteiger partial charge in [-0.05, 0) is 17.7 Å². The lowest BCUT2D eigenvalue weighted by atomic mass is 10.0. The Hall–Kier alpha value is -1.49. The van der Waals surface area contributed by atoms with Crippen LogP contribution in [0.3, 0.4) is 0 Å². The first-order valence-corrected chi connectivity index (χ1v) is 5.35. The first kappa shape index (κ1) is 12.0. The van der Waals surface area contributed by atoms with Crippen molar-refractivity contribution >= 4 is 10.9 Å². The van der Waals surface area contributed by atoms with Crippen molar-refractivity contribution in [3.05, 3.63) is 42.1 Å². The molecule has 4 heteroatoms. The minimum absolute atomic E-state index is 0.680. The molecule has 0 aliphatic rings. The van der Waals surface area contributed by atoms with E-state index in [1.165, 1.54) is 14.2 Å². The van der Waals surface area contributed by atoms with Crippen LogP contribution in [0.5, 0.6) is 0 Å². The van der Waals surface area contributed by atoms with E-state index in [1.54, 1.807) is 6.20 Å². The smallest absolute Gasteiger partial charge is 0.187 e. The molecule has 0 spiro atoms. The Balaban J connectivity index is 2.47. The summed E-state index contributed by atoms with van der Waals surface area (Å²) < 4.78 is 10.1. The van der Waals surface area contributed by atoms with Crippen LogP contribution >= 0.6 is 0 Å². The molecule has 1 aromatic heterocycles. The van der Waals surface area contributed by atoms with Crippen molar-refractivity contribution in [2.75, 3.05) is 14.2 Å². The van der Waals surface area contributed by atoms with Gasteiger partial charge in [0.25, 0.3) is 0 Å². The molecule has 2 rings (SSSR count). The van der Waals surface area contributed by atoms with Crippen LogP contribution < -0.4 is 0 Å². The van der Waals surface area contributed by atoms with Crippen molar-refractivity contribution in [3.63, 3.8) is 0 Å². The number of rotatable bonds is 4. The SMILES string of the molecule is COC(OC)C(O)c1cccc2ncccc12. The van der Waals surface area contributed by atoms with Crippen LogP contribution in [0.1, 0.15) is 11.7 Å². The van der Waals surface area contributed by atoms with Gasteiger partial charge < -0.3 is 14.6 Å². The molecule has 0 aliphatic heterocycles. The van der Waals surface area contributed by atoms with E-state index in [9.17, 15) is 5.11 Å². The van der Waals surface area contributed by atoms with Crippen molar-refractivity contribution in [3.8, 4) is 0 Å². The molecule has 90 valence electrons. The van der Waals surface area contributed by atoms with E-state index in [4.69, 9.17) is 9.47 Å². The number of benzene rings is 1. The van der Waals surface area contributed by atoms with Crippen molar-refractivity contribution < 1.29 is 14.6 Å². The van der Waals surface area contributed by atoms with Gasteiger partial charge in [0.2, 0.25) is 0 Å². The summed E-state index contributed by atoms with van der Waals surface area (Å²) in [6.45, 7) is 0. The fraction of sp³-hybridized carbons (Fsp3) is 0.308. The van der Waals surface area contributed by atoms with Crippen LogP contribution in [0.2, 0.25) is 0 Å². The Morgan fingerprint density at radius 3 is 2.59 bits per heavy atom. The Morgan fingerprint density at radius 2 is 1.88 bits per heavy atom. The normalized spacial score (nSPS) is 13.2. The van der Waals surface area contributed by atoms with Gasteiger partial charge in [0.15, 0.2) is 6.29 Å². The van der Waals surface area contributed by atoms with E-state index in [2.05, 4.69) is 4.98 Å². The Kier molecular flexibility index (Phi) is 3.68. The number of fused-ring (bicyclic) bond motifs is 1. The number of hydrogen-bond acceptors (Lipinski definition) is 4. The van der Waals surface area contributed by atoms with Gasteiger partial charge in [0, 0.05) is 25.8 Å². The highest BCUT2D eigenvalue weighted by atomic mass is 16.7. The summed E-state index contributed by atoms with van der Waals surface area (Å²) in [4.78, 5) is 4.24. The van der Waals surface area contributed by atoms with Crippen molar-refractivity contribution in [2.45, 2.75) is 12.4 Å². The number of aliphatic hydroxyl groups excluding tert-OH is 1. The molecule has 1 unspecified atom stereocenters. The zero-order valence-corrected chi connectivity index (χ0v) is 9.83. The summed E-state index contributed by atoms with van der Waals surface area (Å²) >= 11 is 0. The maximum atomic E-state index is 10.2. The lowest BCUT2D eigenvalue weighted by Crippen LogP contribution is -2.22. The third-order valence-electron chi connectivity index (χ3n) is 2.72. The minimum Gasteiger partial charge on any atom is -0.383 e. The number of aromatic nitrogens is 1. The monoisotopic (exact) mass is 233 g/mol. The number of methoxy groups -OCH3 is 2. The number of pyridine rings is 1. The minimum atomic E-state index is -0.835. The maximum absolute atomic E-state index is 10.2. The van der Waals surface area contributed by atoms with Gasteiger partial charge in [-0.3, -0.25) is 4.98 Å². The van der Waals surface area contributed by atoms with Gasteiger partial charge in [-0.2, -0.15) is 0 Å². The number of aliphatic hydroxyl groups is 1.